The average molecular weight is 221 g/mol. The molecule has 0 aromatic carbocycles. The Balaban J connectivity index is 2.82. The highest BCUT2D eigenvalue weighted by atomic mass is 16.2. The lowest BCUT2D eigenvalue weighted by molar-refractivity contribution is -0.130. The summed E-state index contributed by atoms with van der Waals surface area (Å²) in [7, 11) is 0. The number of Topliss-reactive ketones (excluding diaryl/α,β-unsaturated/α-hetero) is 1. The topological polar surface area (TPSA) is 96.6 Å². The van der Waals surface area contributed by atoms with Crippen molar-refractivity contribution in [2.24, 2.45) is 22.0 Å². The van der Waals surface area contributed by atoms with Crippen molar-refractivity contribution in [2.75, 3.05) is 0 Å². The first-order valence-electron chi connectivity index (χ1n) is 5.33. The number of nitrogens with zero attached hydrogens (tertiary/aromatic N) is 2. The summed E-state index contributed by atoms with van der Waals surface area (Å²) >= 11 is 0. The molecule has 2 atom stereocenters. The molecule has 0 heterocycles. The van der Waals surface area contributed by atoms with Crippen LogP contribution in [0.5, 0.6) is 0 Å². The predicted molar refractivity (Wildman–Crippen MR) is 56.4 cm³/mol. The van der Waals surface area contributed by atoms with Crippen molar-refractivity contribution in [1.82, 2.24) is 0 Å². The highest BCUT2D eigenvalue weighted by Gasteiger charge is 2.80. The maximum absolute atomic E-state index is 12.1. The monoisotopic (exact) mass is 221 g/mol. The third-order valence-corrected chi connectivity index (χ3v) is 5.09. The number of ketones is 1. The summed E-state index contributed by atoms with van der Waals surface area (Å²) in [5.41, 5.74) is 12.0. The van der Waals surface area contributed by atoms with Gasteiger partial charge in [0.25, 0.3) is 0 Å². The van der Waals surface area contributed by atoms with Crippen LogP contribution in [-0.2, 0) is 9.59 Å². The molecular formula is C11H15N3O2. The zero-order valence-corrected chi connectivity index (χ0v) is 9.70. The van der Waals surface area contributed by atoms with Gasteiger partial charge < -0.3 is 11.3 Å². The number of hydrogen-bond acceptors (Lipinski definition) is 2. The lowest BCUT2D eigenvalue weighted by Gasteiger charge is -2.34. The van der Waals surface area contributed by atoms with Crippen molar-refractivity contribution in [2.45, 2.75) is 33.6 Å². The molecule has 2 aliphatic carbocycles. The van der Waals surface area contributed by atoms with Crippen molar-refractivity contribution in [3.63, 3.8) is 0 Å². The average Bonchev–Trinajstić information content (AvgIpc) is 2.47. The minimum atomic E-state index is -1.10. The van der Waals surface area contributed by atoms with E-state index in [2.05, 4.69) is 4.79 Å². The van der Waals surface area contributed by atoms with E-state index in [9.17, 15) is 9.59 Å². The third kappa shape index (κ3) is 0.736. The predicted octanol–water partition coefficient (Wildman–Crippen LogP) is 0.538. The van der Waals surface area contributed by atoms with Crippen molar-refractivity contribution < 1.29 is 14.4 Å². The number of carbonyl (C=O) groups excluding carboxylic acids is 2. The van der Waals surface area contributed by atoms with Gasteiger partial charge >= 0.3 is 5.71 Å². The smallest absolute Gasteiger partial charge is 0.350 e. The molecule has 0 aliphatic heterocycles. The number of amides is 1. The molecule has 0 radical (unpaired) electrons. The Morgan fingerprint density at radius 1 is 1.38 bits per heavy atom. The summed E-state index contributed by atoms with van der Waals surface area (Å²) in [6.45, 7) is 5.51. The highest BCUT2D eigenvalue weighted by Crippen LogP contribution is 2.68. The second kappa shape index (κ2) is 2.61. The molecule has 0 unspecified atom stereocenters. The van der Waals surface area contributed by atoms with Crippen molar-refractivity contribution >= 4 is 17.4 Å². The van der Waals surface area contributed by atoms with Crippen molar-refractivity contribution in [3.8, 4) is 0 Å². The molecule has 86 valence electrons. The Kier molecular flexibility index (Phi) is 1.79. The van der Waals surface area contributed by atoms with Gasteiger partial charge in [-0.25, -0.2) is 0 Å². The van der Waals surface area contributed by atoms with Gasteiger partial charge in [-0.05, 0) is 12.8 Å². The number of fused-ring (bicyclic) bond motifs is 2. The van der Waals surface area contributed by atoms with Gasteiger partial charge in [0, 0.05) is 10.8 Å². The van der Waals surface area contributed by atoms with E-state index in [-0.39, 0.29) is 11.5 Å². The molecule has 5 nitrogen and oxygen atoms in total. The third-order valence-electron chi connectivity index (χ3n) is 5.09. The lowest BCUT2D eigenvalue weighted by Crippen LogP contribution is -2.48. The molecule has 1 amide bonds. The first kappa shape index (κ1) is 11.0. The molecule has 0 saturated heterocycles. The second-order valence-electron chi connectivity index (χ2n) is 5.50. The first-order chi connectivity index (χ1) is 7.25. The molecule has 2 bridgehead atoms. The summed E-state index contributed by atoms with van der Waals surface area (Å²) in [6, 6.07) is 0. The number of carbonyl (C=O) groups is 2. The molecule has 2 N–H and O–H groups in total. The quantitative estimate of drug-likeness (QED) is 0.516. The van der Waals surface area contributed by atoms with Crippen LogP contribution in [0.25, 0.3) is 5.53 Å². The summed E-state index contributed by atoms with van der Waals surface area (Å²) in [4.78, 5) is 26.9. The molecule has 2 fully saturated rings. The van der Waals surface area contributed by atoms with E-state index in [1.807, 2.05) is 20.8 Å². The summed E-state index contributed by atoms with van der Waals surface area (Å²) in [6.07, 6.45) is 1.10. The van der Waals surface area contributed by atoms with Crippen LogP contribution < -0.4 is 5.73 Å². The summed E-state index contributed by atoms with van der Waals surface area (Å²) < 4.78 is 0. The van der Waals surface area contributed by atoms with Crippen LogP contribution in [0.15, 0.2) is 0 Å². The van der Waals surface area contributed by atoms with E-state index in [0.29, 0.717) is 12.8 Å². The Morgan fingerprint density at radius 3 is 2.31 bits per heavy atom. The second-order valence-corrected chi connectivity index (χ2v) is 5.50. The van der Waals surface area contributed by atoms with E-state index >= 15 is 0 Å². The van der Waals surface area contributed by atoms with E-state index in [1.54, 1.807) is 0 Å². The highest BCUT2D eigenvalue weighted by molar-refractivity contribution is 6.48. The Bertz CT molecular complexity index is 462. The van der Waals surface area contributed by atoms with Crippen LogP contribution in [-0.4, -0.2) is 22.2 Å². The van der Waals surface area contributed by atoms with Gasteiger partial charge in [-0.2, -0.15) is 4.79 Å². The maximum atomic E-state index is 12.1. The molecule has 16 heavy (non-hydrogen) atoms. The molecule has 0 spiro atoms. The zero-order chi connectivity index (χ0) is 12.4. The van der Waals surface area contributed by atoms with Crippen molar-refractivity contribution in [1.29, 1.82) is 0 Å². The normalized spacial score (nSPS) is 39.9. The van der Waals surface area contributed by atoms with Crippen LogP contribution in [0.1, 0.15) is 33.6 Å². The fraction of sp³-hybridized carbons (Fsp3) is 0.727. The Labute approximate surface area is 93.6 Å². The number of nitrogens with two attached hydrogens (primary N) is 1. The minimum absolute atomic E-state index is 0.0567. The van der Waals surface area contributed by atoms with E-state index in [4.69, 9.17) is 11.3 Å². The fourth-order valence-electron chi connectivity index (χ4n) is 3.48. The van der Waals surface area contributed by atoms with E-state index in [1.165, 1.54) is 0 Å². The van der Waals surface area contributed by atoms with Gasteiger partial charge in [-0.1, -0.05) is 20.8 Å². The van der Waals surface area contributed by atoms with Gasteiger partial charge in [0.05, 0.1) is 0 Å². The molecule has 2 aliphatic rings. The van der Waals surface area contributed by atoms with Gasteiger partial charge in [0.2, 0.25) is 11.7 Å². The minimum Gasteiger partial charge on any atom is -0.369 e. The summed E-state index contributed by atoms with van der Waals surface area (Å²) in [5.74, 6) is -0.815. The van der Waals surface area contributed by atoms with Crippen molar-refractivity contribution in [3.05, 3.63) is 5.53 Å². The molecule has 0 aromatic heterocycles. The Hall–Kier alpha value is -1.48. The number of rotatable bonds is 1. The SMILES string of the molecule is CC1(C)[C@@]2(C(N)=O)CC[C@]1(C)C(=O)C2=[N+]=[N-]. The first-order valence-corrected chi connectivity index (χ1v) is 5.33. The lowest BCUT2D eigenvalue weighted by atomic mass is 9.64. The Morgan fingerprint density at radius 2 is 1.94 bits per heavy atom. The number of primary amides is 1. The molecule has 0 aromatic rings. The van der Waals surface area contributed by atoms with Crippen LogP contribution in [0, 0.1) is 16.2 Å². The van der Waals surface area contributed by atoms with Crippen LogP contribution in [0.3, 0.4) is 0 Å². The standard InChI is InChI=1S/C11H15N3O2/c1-9(2)10(3)4-5-11(9,8(12)16)6(14-13)7(10)15/h4-5H2,1-3H3,(H2,12,16)/t10-,11+/m1/s1. The van der Waals surface area contributed by atoms with Crippen LogP contribution in [0.4, 0.5) is 0 Å². The molecule has 5 heteroatoms. The zero-order valence-electron chi connectivity index (χ0n) is 9.70. The number of hydrogen-bond donors (Lipinski definition) is 1. The largest absolute Gasteiger partial charge is 0.369 e. The van der Waals surface area contributed by atoms with Crippen LogP contribution in [0.2, 0.25) is 0 Å². The van der Waals surface area contributed by atoms with E-state index in [0.717, 1.165) is 0 Å². The summed E-state index contributed by atoms with van der Waals surface area (Å²) in [5, 5.41) is 0. The van der Waals surface area contributed by atoms with Gasteiger partial charge in [0.15, 0.2) is 5.41 Å². The van der Waals surface area contributed by atoms with Gasteiger partial charge in [0.1, 0.15) is 0 Å². The molecule has 2 saturated carbocycles. The fourth-order valence-corrected chi connectivity index (χ4v) is 3.48. The van der Waals surface area contributed by atoms with Gasteiger partial charge in [-0.3, -0.25) is 9.59 Å². The van der Waals surface area contributed by atoms with Gasteiger partial charge in [-0.15, -0.1) is 0 Å². The maximum Gasteiger partial charge on any atom is 0.350 e. The van der Waals surface area contributed by atoms with E-state index < -0.39 is 22.2 Å². The molecule has 2 rings (SSSR count). The van der Waals surface area contributed by atoms with Crippen LogP contribution >= 0.6 is 0 Å². The molecular weight excluding hydrogens is 206 g/mol.